The van der Waals surface area contributed by atoms with Crippen LogP contribution in [0.25, 0.3) is 0 Å². The van der Waals surface area contributed by atoms with Crippen molar-refractivity contribution in [2.45, 2.75) is 32.5 Å². The highest BCUT2D eigenvalue weighted by molar-refractivity contribution is 4.82. The Morgan fingerprint density at radius 2 is 2.22 bits per heavy atom. The van der Waals surface area contributed by atoms with Crippen molar-refractivity contribution in [2.24, 2.45) is 5.92 Å². The van der Waals surface area contributed by atoms with Crippen molar-refractivity contribution in [3.05, 3.63) is 0 Å². The number of nitrogens with one attached hydrogen (secondary N) is 1. The average Bonchev–Trinajstić information content (AvgIpc) is 2.14. The molecule has 9 heavy (non-hydrogen) atoms. The van der Waals surface area contributed by atoms with Crippen LogP contribution in [0, 0.1) is 5.92 Å². The van der Waals surface area contributed by atoms with E-state index in [1.807, 2.05) is 0 Å². The molecule has 0 aromatic carbocycles. The molecule has 0 aromatic rings. The molecule has 1 aliphatic heterocycles. The van der Waals surface area contributed by atoms with Crippen molar-refractivity contribution in [3.63, 3.8) is 0 Å². The van der Waals surface area contributed by atoms with E-state index >= 15 is 0 Å². The predicted octanol–water partition coefficient (Wildman–Crippen LogP) is 1.34. The van der Waals surface area contributed by atoms with Crippen LogP contribution in [0.3, 0.4) is 0 Å². The van der Waals surface area contributed by atoms with Gasteiger partial charge in [0.25, 0.3) is 0 Å². The van der Waals surface area contributed by atoms with Crippen molar-refractivity contribution in [3.8, 4) is 0 Å². The van der Waals surface area contributed by atoms with Gasteiger partial charge in [-0.3, -0.25) is 0 Å². The molecule has 0 amide bonds. The molecule has 1 heterocycles. The lowest BCUT2D eigenvalue weighted by molar-refractivity contribution is 0.344. The molecule has 1 saturated heterocycles. The van der Waals surface area contributed by atoms with E-state index in [1.165, 1.54) is 0 Å². The second-order valence-electron chi connectivity index (χ2n) is 3.09. The highest BCUT2D eigenvalue weighted by atomic mass is 19.1. The molecule has 0 radical (unpaired) electrons. The summed E-state index contributed by atoms with van der Waals surface area (Å²) in [4.78, 5) is 0. The Bertz CT molecular complexity index is 92.9. The SMILES string of the molecule is CC(C)[C@@H]1C[C@@H](F)CN1. The highest BCUT2D eigenvalue weighted by Gasteiger charge is 2.25. The highest BCUT2D eigenvalue weighted by Crippen LogP contribution is 2.16. The molecule has 54 valence electrons. The maximum Gasteiger partial charge on any atom is 0.114 e. The third-order valence-corrected chi connectivity index (χ3v) is 1.92. The van der Waals surface area contributed by atoms with E-state index in [9.17, 15) is 4.39 Å². The zero-order valence-corrected chi connectivity index (χ0v) is 6.02. The van der Waals surface area contributed by atoms with Gasteiger partial charge in [0.1, 0.15) is 6.17 Å². The fraction of sp³-hybridized carbons (Fsp3) is 1.00. The molecule has 1 rings (SSSR count). The van der Waals surface area contributed by atoms with Gasteiger partial charge in [-0.1, -0.05) is 13.8 Å². The molecule has 0 spiro atoms. The van der Waals surface area contributed by atoms with Crippen LogP contribution >= 0.6 is 0 Å². The second-order valence-corrected chi connectivity index (χ2v) is 3.09. The van der Waals surface area contributed by atoms with Gasteiger partial charge < -0.3 is 5.32 Å². The Kier molecular flexibility index (Phi) is 2.06. The van der Waals surface area contributed by atoms with E-state index in [1.54, 1.807) is 0 Å². The van der Waals surface area contributed by atoms with Gasteiger partial charge in [0.15, 0.2) is 0 Å². The summed E-state index contributed by atoms with van der Waals surface area (Å²) in [5.74, 6) is 0.575. The number of hydrogen-bond donors (Lipinski definition) is 1. The normalized spacial score (nSPS) is 36.0. The van der Waals surface area contributed by atoms with E-state index < -0.39 is 6.17 Å². The van der Waals surface area contributed by atoms with Gasteiger partial charge in [0.2, 0.25) is 0 Å². The van der Waals surface area contributed by atoms with E-state index in [2.05, 4.69) is 19.2 Å². The smallest absolute Gasteiger partial charge is 0.114 e. The molecular formula is C7H14FN. The summed E-state index contributed by atoms with van der Waals surface area (Å²) in [6, 6.07) is 0.417. The minimum atomic E-state index is -0.600. The van der Waals surface area contributed by atoms with Crippen LogP contribution < -0.4 is 5.32 Å². The molecule has 2 atom stereocenters. The van der Waals surface area contributed by atoms with Gasteiger partial charge in [0.05, 0.1) is 0 Å². The third kappa shape index (κ3) is 1.65. The van der Waals surface area contributed by atoms with Crippen LogP contribution in [0.1, 0.15) is 20.3 Å². The summed E-state index contributed by atoms with van der Waals surface area (Å²) in [6.45, 7) is 4.80. The van der Waals surface area contributed by atoms with Gasteiger partial charge in [0, 0.05) is 12.6 Å². The van der Waals surface area contributed by atoms with Crippen molar-refractivity contribution < 1.29 is 4.39 Å². The van der Waals surface area contributed by atoms with Crippen molar-refractivity contribution in [2.75, 3.05) is 6.54 Å². The number of hydrogen-bond acceptors (Lipinski definition) is 1. The Hall–Kier alpha value is -0.110. The van der Waals surface area contributed by atoms with Crippen LogP contribution in [0.15, 0.2) is 0 Å². The first-order chi connectivity index (χ1) is 4.20. The summed E-state index contributed by atoms with van der Waals surface area (Å²) in [6.07, 6.45) is 0.106. The van der Waals surface area contributed by atoms with Crippen LogP contribution in [-0.2, 0) is 0 Å². The molecule has 1 nitrogen and oxygen atoms in total. The standard InChI is InChI=1S/C7H14FN/c1-5(2)7-3-6(8)4-9-7/h5-7,9H,3-4H2,1-2H3/t6-,7+/m1/s1. The van der Waals surface area contributed by atoms with Crippen LogP contribution in [0.4, 0.5) is 4.39 Å². The first-order valence-corrected chi connectivity index (χ1v) is 3.57. The largest absolute Gasteiger partial charge is 0.311 e. The molecule has 1 N–H and O–H groups in total. The molecule has 1 aliphatic rings. The van der Waals surface area contributed by atoms with Gasteiger partial charge in [-0.2, -0.15) is 0 Å². The van der Waals surface area contributed by atoms with Crippen LogP contribution in [0.2, 0.25) is 0 Å². The van der Waals surface area contributed by atoms with Gasteiger partial charge in [-0.25, -0.2) is 4.39 Å². The Balaban J connectivity index is 2.30. The van der Waals surface area contributed by atoms with Crippen LogP contribution in [-0.4, -0.2) is 18.8 Å². The first-order valence-electron chi connectivity index (χ1n) is 3.57. The third-order valence-electron chi connectivity index (χ3n) is 1.92. The monoisotopic (exact) mass is 131 g/mol. The Labute approximate surface area is 55.6 Å². The second kappa shape index (κ2) is 2.65. The summed E-state index contributed by atoms with van der Waals surface area (Å²) in [5.41, 5.74) is 0. The number of alkyl halides is 1. The summed E-state index contributed by atoms with van der Waals surface area (Å²) >= 11 is 0. The Morgan fingerprint density at radius 3 is 2.44 bits per heavy atom. The van der Waals surface area contributed by atoms with Gasteiger partial charge in [-0.15, -0.1) is 0 Å². The van der Waals surface area contributed by atoms with Crippen molar-refractivity contribution >= 4 is 0 Å². The maximum absolute atomic E-state index is 12.5. The fourth-order valence-electron chi connectivity index (χ4n) is 1.23. The summed E-state index contributed by atoms with van der Waals surface area (Å²) in [5, 5.41) is 3.13. The summed E-state index contributed by atoms with van der Waals surface area (Å²) < 4.78 is 12.5. The quantitative estimate of drug-likeness (QED) is 0.566. The number of rotatable bonds is 1. The molecule has 0 saturated carbocycles. The average molecular weight is 131 g/mol. The van der Waals surface area contributed by atoms with Gasteiger partial charge in [-0.05, 0) is 12.3 Å². The molecule has 0 bridgehead atoms. The predicted molar refractivity (Wildman–Crippen MR) is 36.1 cm³/mol. The van der Waals surface area contributed by atoms with E-state index in [-0.39, 0.29) is 0 Å². The lowest BCUT2D eigenvalue weighted by Crippen LogP contribution is -2.26. The zero-order chi connectivity index (χ0) is 6.85. The number of halogens is 1. The minimum Gasteiger partial charge on any atom is -0.311 e. The molecule has 0 aliphatic carbocycles. The Morgan fingerprint density at radius 1 is 1.56 bits per heavy atom. The molecule has 2 heteroatoms. The summed E-state index contributed by atoms with van der Waals surface area (Å²) in [7, 11) is 0. The molecule has 0 aromatic heterocycles. The van der Waals surface area contributed by atoms with E-state index in [4.69, 9.17) is 0 Å². The lowest BCUT2D eigenvalue weighted by atomic mass is 10.0. The van der Waals surface area contributed by atoms with Gasteiger partial charge >= 0.3 is 0 Å². The zero-order valence-electron chi connectivity index (χ0n) is 6.02. The molecule has 1 fully saturated rings. The minimum absolute atomic E-state index is 0.417. The maximum atomic E-state index is 12.5. The van der Waals surface area contributed by atoms with Crippen molar-refractivity contribution in [1.82, 2.24) is 5.32 Å². The molecule has 0 unspecified atom stereocenters. The van der Waals surface area contributed by atoms with Crippen molar-refractivity contribution in [1.29, 1.82) is 0 Å². The van der Waals surface area contributed by atoms with E-state index in [0.29, 0.717) is 24.9 Å². The molecular weight excluding hydrogens is 117 g/mol. The fourth-order valence-corrected chi connectivity index (χ4v) is 1.23. The lowest BCUT2D eigenvalue weighted by Gasteiger charge is -2.12. The van der Waals surface area contributed by atoms with E-state index in [0.717, 1.165) is 0 Å². The first kappa shape index (κ1) is 7.00. The topological polar surface area (TPSA) is 12.0 Å². The van der Waals surface area contributed by atoms with Crippen LogP contribution in [0.5, 0.6) is 0 Å².